The van der Waals surface area contributed by atoms with Gasteiger partial charge in [-0.05, 0) is 50.2 Å². The average molecular weight is 344 g/mol. The van der Waals surface area contributed by atoms with Gasteiger partial charge in [-0.3, -0.25) is 9.59 Å². The number of aryl methyl sites for hydroxylation is 1. The molecule has 0 saturated heterocycles. The molecular weight excluding hydrogens is 324 g/mol. The number of benzene rings is 2. The second kappa shape index (κ2) is 8.55. The predicted octanol–water partition coefficient (Wildman–Crippen LogP) is 4.21. The van der Waals surface area contributed by atoms with Crippen LogP contribution in [0, 0.1) is 6.92 Å². The zero-order chi connectivity index (χ0) is 17.5. The van der Waals surface area contributed by atoms with Gasteiger partial charge < -0.3 is 9.84 Å². The second-order valence-electron chi connectivity index (χ2n) is 5.34. The van der Waals surface area contributed by atoms with Gasteiger partial charge in [-0.15, -0.1) is 11.8 Å². The van der Waals surface area contributed by atoms with E-state index in [1.165, 1.54) is 11.8 Å². The highest BCUT2D eigenvalue weighted by molar-refractivity contribution is 8.00. The zero-order valence-electron chi connectivity index (χ0n) is 13.7. The maximum absolute atomic E-state index is 12.4. The van der Waals surface area contributed by atoms with Crippen molar-refractivity contribution in [2.75, 3.05) is 6.61 Å². The van der Waals surface area contributed by atoms with E-state index in [0.717, 1.165) is 10.5 Å². The third-order valence-corrected chi connectivity index (χ3v) is 4.63. The lowest BCUT2D eigenvalue weighted by Crippen LogP contribution is -2.20. The minimum absolute atomic E-state index is 0.0537. The maximum Gasteiger partial charge on any atom is 0.317 e. The van der Waals surface area contributed by atoms with Crippen LogP contribution in [0.4, 0.5) is 0 Å². The van der Waals surface area contributed by atoms with Crippen molar-refractivity contribution in [3.63, 3.8) is 0 Å². The molecule has 126 valence electrons. The van der Waals surface area contributed by atoms with Crippen molar-refractivity contribution in [2.45, 2.75) is 30.4 Å². The van der Waals surface area contributed by atoms with Crippen molar-refractivity contribution in [3.8, 4) is 5.75 Å². The molecule has 0 aliphatic heterocycles. The van der Waals surface area contributed by atoms with E-state index in [1.807, 2.05) is 38.1 Å². The van der Waals surface area contributed by atoms with E-state index >= 15 is 0 Å². The molecule has 4 nitrogen and oxygen atoms in total. The SMILES string of the molecule is CCOc1ccc(C(=O)C[C@@H](Sc2ccc(C)cc2)C(=O)O)cc1. The molecule has 0 radical (unpaired) electrons. The Kier molecular flexibility index (Phi) is 6.44. The summed E-state index contributed by atoms with van der Waals surface area (Å²) < 4.78 is 5.34. The number of carboxylic acids is 1. The van der Waals surface area contributed by atoms with Crippen LogP contribution in [-0.2, 0) is 4.79 Å². The Bertz CT molecular complexity index is 692. The van der Waals surface area contributed by atoms with Crippen molar-refractivity contribution >= 4 is 23.5 Å². The van der Waals surface area contributed by atoms with E-state index in [-0.39, 0.29) is 12.2 Å². The molecule has 0 aliphatic carbocycles. The molecule has 0 aromatic heterocycles. The third kappa shape index (κ3) is 5.13. The molecule has 1 N–H and O–H groups in total. The molecule has 0 heterocycles. The molecule has 0 spiro atoms. The quantitative estimate of drug-likeness (QED) is 0.574. The van der Waals surface area contributed by atoms with Gasteiger partial charge in [0.2, 0.25) is 0 Å². The van der Waals surface area contributed by atoms with Crippen LogP contribution in [-0.4, -0.2) is 28.7 Å². The number of thioether (sulfide) groups is 1. The van der Waals surface area contributed by atoms with Crippen molar-refractivity contribution in [1.29, 1.82) is 0 Å². The first-order chi connectivity index (χ1) is 11.5. The maximum atomic E-state index is 12.4. The number of carbonyl (C=O) groups is 2. The summed E-state index contributed by atoms with van der Waals surface area (Å²) in [6.45, 7) is 4.42. The largest absolute Gasteiger partial charge is 0.494 e. The molecule has 2 aromatic rings. The van der Waals surface area contributed by atoms with Crippen LogP contribution in [0.3, 0.4) is 0 Å². The summed E-state index contributed by atoms with van der Waals surface area (Å²) in [5.41, 5.74) is 1.60. The van der Waals surface area contributed by atoms with Crippen molar-refractivity contribution in [3.05, 3.63) is 59.7 Å². The highest BCUT2D eigenvalue weighted by atomic mass is 32.2. The molecule has 0 fully saturated rings. The fourth-order valence-corrected chi connectivity index (χ4v) is 3.11. The molecule has 0 bridgehead atoms. The molecular formula is C19H20O4S. The fraction of sp³-hybridized carbons (Fsp3) is 0.263. The minimum atomic E-state index is -0.986. The second-order valence-corrected chi connectivity index (χ2v) is 6.62. The molecule has 0 aliphatic rings. The number of hydrogen-bond acceptors (Lipinski definition) is 4. The van der Waals surface area contributed by atoms with Gasteiger partial charge in [0.1, 0.15) is 11.0 Å². The Balaban J connectivity index is 2.05. The number of rotatable bonds is 8. The molecule has 2 aromatic carbocycles. The molecule has 0 saturated carbocycles. The van der Waals surface area contributed by atoms with Gasteiger partial charge in [0.05, 0.1) is 6.61 Å². The van der Waals surface area contributed by atoms with E-state index < -0.39 is 11.2 Å². The number of ether oxygens (including phenoxy) is 1. The first-order valence-corrected chi connectivity index (χ1v) is 8.59. The van der Waals surface area contributed by atoms with E-state index in [4.69, 9.17) is 4.74 Å². The van der Waals surface area contributed by atoms with Crippen molar-refractivity contribution < 1.29 is 19.4 Å². The van der Waals surface area contributed by atoms with E-state index in [9.17, 15) is 14.7 Å². The molecule has 0 unspecified atom stereocenters. The molecule has 0 amide bonds. The van der Waals surface area contributed by atoms with Crippen LogP contribution in [0.15, 0.2) is 53.4 Å². The van der Waals surface area contributed by atoms with Crippen LogP contribution in [0.25, 0.3) is 0 Å². The van der Waals surface area contributed by atoms with Crippen LogP contribution in [0.1, 0.15) is 29.3 Å². The minimum Gasteiger partial charge on any atom is -0.494 e. The van der Waals surface area contributed by atoms with Gasteiger partial charge in [-0.25, -0.2) is 0 Å². The summed E-state index contributed by atoms with van der Waals surface area (Å²) in [5, 5.41) is 8.59. The Morgan fingerprint density at radius 1 is 1.08 bits per heavy atom. The highest BCUT2D eigenvalue weighted by Gasteiger charge is 2.23. The summed E-state index contributed by atoms with van der Waals surface area (Å²) in [6.07, 6.45) is -0.0537. The molecule has 24 heavy (non-hydrogen) atoms. The highest BCUT2D eigenvalue weighted by Crippen LogP contribution is 2.27. The van der Waals surface area contributed by atoms with Gasteiger partial charge in [0, 0.05) is 16.9 Å². The zero-order valence-corrected chi connectivity index (χ0v) is 14.5. The van der Waals surface area contributed by atoms with Crippen molar-refractivity contribution in [1.82, 2.24) is 0 Å². The standard InChI is InChI=1S/C19H20O4S/c1-3-23-15-8-6-14(7-9-15)17(20)12-18(19(21)22)24-16-10-4-13(2)5-11-16/h4-11,18H,3,12H2,1-2H3,(H,21,22)/t18-/m1/s1. The number of ketones is 1. The lowest BCUT2D eigenvalue weighted by atomic mass is 10.1. The Morgan fingerprint density at radius 2 is 1.71 bits per heavy atom. The van der Waals surface area contributed by atoms with Gasteiger partial charge in [-0.1, -0.05) is 17.7 Å². The van der Waals surface area contributed by atoms with E-state index in [0.29, 0.717) is 17.9 Å². The van der Waals surface area contributed by atoms with Crippen LogP contribution >= 0.6 is 11.8 Å². The smallest absolute Gasteiger partial charge is 0.317 e. The summed E-state index contributed by atoms with van der Waals surface area (Å²) in [5.74, 6) is -0.484. The predicted molar refractivity (Wildman–Crippen MR) is 95.0 cm³/mol. The summed E-state index contributed by atoms with van der Waals surface area (Å²) in [4.78, 5) is 24.7. The normalized spacial score (nSPS) is 11.8. The topological polar surface area (TPSA) is 63.6 Å². The first-order valence-electron chi connectivity index (χ1n) is 7.71. The summed E-state index contributed by atoms with van der Waals surface area (Å²) in [7, 11) is 0. The number of carboxylic acid groups (broad SMARTS) is 1. The number of aliphatic carboxylic acids is 1. The van der Waals surface area contributed by atoms with E-state index in [2.05, 4.69) is 0 Å². The van der Waals surface area contributed by atoms with Gasteiger partial charge in [0.25, 0.3) is 0 Å². The molecule has 1 atom stereocenters. The van der Waals surface area contributed by atoms with Gasteiger partial charge in [-0.2, -0.15) is 0 Å². The van der Waals surface area contributed by atoms with Crippen molar-refractivity contribution in [2.24, 2.45) is 0 Å². The fourth-order valence-electron chi connectivity index (χ4n) is 2.15. The van der Waals surface area contributed by atoms with Crippen LogP contribution in [0.2, 0.25) is 0 Å². The summed E-state index contributed by atoms with van der Waals surface area (Å²) >= 11 is 1.19. The van der Waals surface area contributed by atoms with Gasteiger partial charge >= 0.3 is 5.97 Å². The Labute approximate surface area is 145 Å². The summed E-state index contributed by atoms with van der Waals surface area (Å²) in [6, 6.07) is 14.4. The number of Topliss-reactive ketones (excluding diaryl/α,β-unsaturated/α-hetero) is 1. The lowest BCUT2D eigenvalue weighted by Gasteiger charge is -2.12. The lowest BCUT2D eigenvalue weighted by molar-refractivity contribution is -0.136. The van der Waals surface area contributed by atoms with Gasteiger partial charge in [0.15, 0.2) is 5.78 Å². The van der Waals surface area contributed by atoms with E-state index in [1.54, 1.807) is 24.3 Å². The van der Waals surface area contributed by atoms with Crippen LogP contribution in [0.5, 0.6) is 5.75 Å². The number of hydrogen-bond donors (Lipinski definition) is 1. The average Bonchev–Trinajstić information content (AvgIpc) is 2.57. The third-order valence-electron chi connectivity index (χ3n) is 3.43. The Morgan fingerprint density at radius 3 is 2.25 bits per heavy atom. The van der Waals surface area contributed by atoms with Crippen LogP contribution < -0.4 is 4.74 Å². The molecule has 5 heteroatoms. The molecule has 2 rings (SSSR count). The first kappa shape index (κ1) is 18.1. The monoisotopic (exact) mass is 344 g/mol. The number of carbonyl (C=O) groups excluding carboxylic acids is 1. The Hall–Kier alpha value is -2.27.